The highest BCUT2D eigenvalue weighted by molar-refractivity contribution is 14.1. The molecule has 0 radical (unpaired) electrons. The number of hydrogen-bond acceptors (Lipinski definition) is 3. The molecule has 1 heterocycles. The predicted molar refractivity (Wildman–Crippen MR) is 98.1 cm³/mol. The van der Waals surface area contributed by atoms with Crippen LogP contribution in [0.4, 0.5) is 5.82 Å². The Morgan fingerprint density at radius 2 is 1.86 bits per heavy atom. The Morgan fingerprint density at radius 3 is 2.43 bits per heavy atom. The van der Waals surface area contributed by atoms with Gasteiger partial charge in [-0.3, -0.25) is 0 Å². The van der Waals surface area contributed by atoms with Crippen LogP contribution in [0.2, 0.25) is 5.02 Å². The summed E-state index contributed by atoms with van der Waals surface area (Å²) in [5, 5.41) is 3.98. The average Bonchev–Trinajstić information content (AvgIpc) is 2.41. The highest BCUT2D eigenvalue weighted by Gasteiger charge is 2.23. The molecule has 0 aliphatic rings. The van der Waals surface area contributed by atoms with Crippen molar-refractivity contribution in [3.63, 3.8) is 0 Å². The van der Waals surface area contributed by atoms with Crippen LogP contribution in [0.1, 0.15) is 33.4 Å². The van der Waals surface area contributed by atoms with Gasteiger partial charge in [-0.25, -0.2) is 9.97 Å². The summed E-state index contributed by atoms with van der Waals surface area (Å²) in [6.45, 7) is 9.35. The second kappa shape index (κ2) is 6.48. The Labute approximate surface area is 144 Å². The molecule has 21 heavy (non-hydrogen) atoms. The van der Waals surface area contributed by atoms with Crippen LogP contribution >= 0.6 is 34.2 Å². The minimum Gasteiger partial charge on any atom is -0.369 e. The zero-order valence-electron chi connectivity index (χ0n) is 12.7. The van der Waals surface area contributed by atoms with Crippen LogP contribution in [-0.4, -0.2) is 16.5 Å². The molecule has 0 aliphatic carbocycles. The van der Waals surface area contributed by atoms with Crippen LogP contribution in [0, 0.1) is 3.57 Å². The highest BCUT2D eigenvalue weighted by atomic mass is 127. The van der Waals surface area contributed by atoms with Crippen molar-refractivity contribution < 1.29 is 0 Å². The van der Waals surface area contributed by atoms with E-state index in [4.69, 9.17) is 16.6 Å². The Kier molecular flexibility index (Phi) is 5.09. The predicted octanol–water partition coefficient (Wildman–Crippen LogP) is 5.13. The molecule has 2 aromatic rings. The van der Waals surface area contributed by atoms with E-state index >= 15 is 0 Å². The van der Waals surface area contributed by atoms with E-state index in [0.29, 0.717) is 10.8 Å². The fraction of sp³-hybridized carbons (Fsp3) is 0.375. The van der Waals surface area contributed by atoms with Gasteiger partial charge in [-0.1, -0.05) is 44.5 Å². The second-order valence-corrected chi connectivity index (χ2v) is 7.30. The standard InChI is InChI=1S/C16H19ClIN3/c1-5-19-15-12(18)13(16(2,3)4)20-14(21-15)10-8-6-7-9-11(10)17/h6-9H,5H2,1-4H3,(H,19,20,21). The molecule has 0 saturated carbocycles. The smallest absolute Gasteiger partial charge is 0.163 e. The number of hydrogen-bond donors (Lipinski definition) is 1. The number of benzene rings is 1. The maximum atomic E-state index is 6.29. The van der Waals surface area contributed by atoms with Crippen LogP contribution in [0.5, 0.6) is 0 Å². The number of aromatic nitrogens is 2. The Morgan fingerprint density at radius 1 is 1.19 bits per heavy atom. The van der Waals surface area contributed by atoms with Crippen LogP contribution < -0.4 is 5.32 Å². The fourth-order valence-corrected chi connectivity index (χ4v) is 3.45. The second-order valence-electron chi connectivity index (χ2n) is 5.82. The third-order valence-corrected chi connectivity index (χ3v) is 4.37. The molecule has 3 nitrogen and oxygen atoms in total. The van der Waals surface area contributed by atoms with Crippen molar-refractivity contribution in [3.05, 3.63) is 38.6 Å². The summed E-state index contributed by atoms with van der Waals surface area (Å²) in [7, 11) is 0. The van der Waals surface area contributed by atoms with Crippen molar-refractivity contribution in [1.29, 1.82) is 0 Å². The quantitative estimate of drug-likeness (QED) is 0.706. The molecule has 1 aromatic carbocycles. The van der Waals surface area contributed by atoms with E-state index in [2.05, 4.69) is 60.6 Å². The van der Waals surface area contributed by atoms with Gasteiger partial charge in [0.15, 0.2) is 5.82 Å². The molecule has 5 heteroatoms. The number of anilines is 1. The molecule has 0 aliphatic heterocycles. The van der Waals surface area contributed by atoms with E-state index in [1.54, 1.807) is 0 Å². The van der Waals surface area contributed by atoms with E-state index in [0.717, 1.165) is 27.2 Å². The summed E-state index contributed by atoms with van der Waals surface area (Å²) < 4.78 is 1.07. The fourth-order valence-electron chi connectivity index (χ4n) is 1.99. The molecule has 0 amide bonds. The van der Waals surface area contributed by atoms with Crippen molar-refractivity contribution in [2.24, 2.45) is 0 Å². The third kappa shape index (κ3) is 3.66. The molecule has 0 spiro atoms. The van der Waals surface area contributed by atoms with Crippen LogP contribution in [0.15, 0.2) is 24.3 Å². The maximum Gasteiger partial charge on any atom is 0.163 e. The van der Waals surface area contributed by atoms with Crippen molar-refractivity contribution in [2.45, 2.75) is 33.1 Å². The highest BCUT2D eigenvalue weighted by Crippen LogP contribution is 2.33. The van der Waals surface area contributed by atoms with Crippen LogP contribution in [0.3, 0.4) is 0 Å². The van der Waals surface area contributed by atoms with Crippen LogP contribution in [-0.2, 0) is 5.41 Å². The van der Waals surface area contributed by atoms with Gasteiger partial charge < -0.3 is 5.32 Å². The minimum atomic E-state index is -0.0559. The van der Waals surface area contributed by atoms with Crippen molar-refractivity contribution in [3.8, 4) is 11.4 Å². The lowest BCUT2D eigenvalue weighted by Gasteiger charge is -2.22. The number of nitrogens with one attached hydrogen (secondary N) is 1. The monoisotopic (exact) mass is 415 g/mol. The van der Waals surface area contributed by atoms with Gasteiger partial charge in [-0.2, -0.15) is 0 Å². The normalized spacial score (nSPS) is 11.5. The zero-order valence-corrected chi connectivity index (χ0v) is 15.6. The SMILES string of the molecule is CCNc1nc(-c2ccccc2Cl)nc(C(C)(C)C)c1I. The first-order valence-electron chi connectivity index (χ1n) is 6.91. The van der Waals surface area contributed by atoms with Gasteiger partial charge in [-0.15, -0.1) is 0 Å². The summed E-state index contributed by atoms with van der Waals surface area (Å²) in [6, 6.07) is 7.68. The van der Waals surface area contributed by atoms with Gasteiger partial charge in [0.2, 0.25) is 0 Å². The average molecular weight is 416 g/mol. The van der Waals surface area contributed by atoms with E-state index in [1.807, 2.05) is 24.3 Å². The van der Waals surface area contributed by atoms with E-state index in [-0.39, 0.29) is 5.41 Å². The molecule has 0 bridgehead atoms. The summed E-state index contributed by atoms with van der Waals surface area (Å²) >= 11 is 8.61. The third-order valence-electron chi connectivity index (χ3n) is 3.02. The minimum absolute atomic E-state index is 0.0559. The van der Waals surface area contributed by atoms with Gasteiger partial charge in [0.1, 0.15) is 5.82 Å². The molecular weight excluding hydrogens is 397 g/mol. The summed E-state index contributed by atoms with van der Waals surface area (Å²) in [6.07, 6.45) is 0. The van der Waals surface area contributed by atoms with Crippen molar-refractivity contribution in [2.75, 3.05) is 11.9 Å². The van der Waals surface area contributed by atoms with E-state index < -0.39 is 0 Å². The zero-order chi connectivity index (χ0) is 15.6. The summed E-state index contributed by atoms with van der Waals surface area (Å²) in [5.41, 5.74) is 1.84. The van der Waals surface area contributed by atoms with Crippen LogP contribution in [0.25, 0.3) is 11.4 Å². The van der Waals surface area contributed by atoms with E-state index in [9.17, 15) is 0 Å². The molecule has 2 rings (SSSR count). The van der Waals surface area contributed by atoms with Gasteiger partial charge in [0.05, 0.1) is 14.3 Å². The molecule has 0 saturated heterocycles. The molecule has 0 fully saturated rings. The molecule has 1 N–H and O–H groups in total. The topological polar surface area (TPSA) is 37.8 Å². The molecule has 0 unspecified atom stereocenters. The first-order chi connectivity index (χ1) is 9.84. The Balaban J connectivity index is 2.68. The lowest BCUT2D eigenvalue weighted by molar-refractivity contribution is 0.564. The largest absolute Gasteiger partial charge is 0.369 e. The number of rotatable bonds is 3. The summed E-state index contributed by atoms with van der Waals surface area (Å²) in [5.74, 6) is 1.54. The van der Waals surface area contributed by atoms with Gasteiger partial charge in [0.25, 0.3) is 0 Å². The Bertz CT molecular complexity index is 650. The molecule has 112 valence electrons. The van der Waals surface area contributed by atoms with Gasteiger partial charge in [-0.05, 0) is 41.6 Å². The lowest BCUT2D eigenvalue weighted by atomic mass is 9.91. The number of nitrogens with zero attached hydrogens (tertiary/aromatic N) is 2. The van der Waals surface area contributed by atoms with Gasteiger partial charge >= 0.3 is 0 Å². The maximum absolute atomic E-state index is 6.29. The van der Waals surface area contributed by atoms with E-state index in [1.165, 1.54) is 0 Å². The first-order valence-corrected chi connectivity index (χ1v) is 8.37. The Hall–Kier alpha value is -0.880. The lowest BCUT2D eigenvalue weighted by Crippen LogP contribution is -2.19. The van der Waals surface area contributed by atoms with Crippen molar-refractivity contribution >= 4 is 40.0 Å². The summed E-state index contributed by atoms with van der Waals surface area (Å²) in [4.78, 5) is 9.43. The number of halogens is 2. The molecule has 0 atom stereocenters. The molecular formula is C16H19ClIN3. The first kappa shape index (κ1) is 16.5. The van der Waals surface area contributed by atoms with Crippen molar-refractivity contribution in [1.82, 2.24) is 9.97 Å². The van der Waals surface area contributed by atoms with Gasteiger partial charge in [0, 0.05) is 17.5 Å². The molecule has 1 aromatic heterocycles.